The van der Waals surface area contributed by atoms with Crippen molar-refractivity contribution in [3.05, 3.63) is 95.7 Å². The summed E-state index contributed by atoms with van der Waals surface area (Å²) in [5.74, 6) is 0.691. The molecule has 0 radical (unpaired) electrons. The number of aryl methyl sites for hydroxylation is 1. The SMILES string of the molecule is CCOc1cc(-c2ccc(NC(=O)Nc3ccc(CC(C)(C)CO)c(C)c3)c(P)c2)cnc1B(Cc1ccccc1)OC. The van der Waals surface area contributed by atoms with Crippen LogP contribution >= 0.6 is 9.24 Å². The van der Waals surface area contributed by atoms with Gasteiger partial charge in [-0.05, 0) is 84.3 Å². The summed E-state index contributed by atoms with van der Waals surface area (Å²) in [6, 6.07) is 23.5. The first-order valence-corrected chi connectivity index (χ1v) is 15.1. The van der Waals surface area contributed by atoms with E-state index < -0.39 is 0 Å². The number of urea groups is 1. The number of nitrogens with one attached hydrogen (secondary N) is 2. The van der Waals surface area contributed by atoms with Crippen LogP contribution in [0.25, 0.3) is 11.1 Å². The fraction of sp³-hybridized carbons (Fsp3) is 0.294. The maximum absolute atomic E-state index is 12.8. The average molecular weight is 598 g/mol. The number of anilines is 2. The van der Waals surface area contributed by atoms with E-state index in [0.29, 0.717) is 30.1 Å². The zero-order valence-electron chi connectivity index (χ0n) is 25.6. The van der Waals surface area contributed by atoms with Crippen LogP contribution in [0.4, 0.5) is 16.2 Å². The molecule has 4 rings (SSSR count). The zero-order chi connectivity index (χ0) is 31.0. The number of rotatable bonds is 12. The number of carbonyl (C=O) groups is 1. The Hall–Kier alpha value is -3.71. The number of hydrogen-bond acceptors (Lipinski definition) is 5. The van der Waals surface area contributed by atoms with E-state index in [2.05, 4.69) is 32.0 Å². The second-order valence-corrected chi connectivity index (χ2v) is 12.1. The van der Waals surface area contributed by atoms with Crippen LogP contribution in [-0.4, -0.2) is 43.4 Å². The Morgan fingerprint density at radius 2 is 1.79 bits per heavy atom. The first-order chi connectivity index (χ1) is 20.6. The fourth-order valence-corrected chi connectivity index (χ4v) is 5.28. The van der Waals surface area contributed by atoms with Crippen LogP contribution in [0.3, 0.4) is 0 Å². The molecule has 3 N–H and O–H groups in total. The van der Waals surface area contributed by atoms with E-state index in [0.717, 1.165) is 45.1 Å². The molecule has 43 heavy (non-hydrogen) atoms. The molecule has 3 aromatic carbocycles. The number of amides is 2. The molecular weight excluding hydrogens is 556 g/mol. The zero-order valence-corrected chi connectivity index (χ0v) is 26.8. The molecule has 0 spiro atoms. The van der Waals surface area contributed by atoms with E-state index in [1.165, 1.54) is 0 Å². The molecule has 1 aromatic heterocycles. The molecule has 0 aliphatic carbocycles. The summed E-state index contributed by atoms with van der Waals surface area (Å²) in [5.41, 5.74) is 7.19. The number of pyridine rings is 1. The molecule has 4 aromatic rings. The van der Waals surface area contributed by atoms with Crippen molar-refractivity contribution in [2.24, 2.45) is 5.41 Å². The van der Waals surface area contributed by atoms with Crippen molar-refractivity contribution in [2.75, 3.05) is 31.0 Å². The van der Waals surface area contributed by atoms with Crippen LogP contribution in [0, 0.1) is 12.3 Å². The largest absolute Gasteiger partial charge is 0.493 e. The van der Waals surface area contributed by atoms with Gasteiger partial charge in [-0.3, -0.25) is 4.98 Å². The second kappa shape index (κ2) is 14.7. The molecule has 0 aliphatic heterocycles. The summed E-state index contributed by atoms with van der Waals surface area (Å²) in [6.45, 7) is 8.42. The van der Waals surface area contributed by atoms with Gasteiger partial charge in [0.1, 0.15) is 5.75 Å². The molecule has 0 bridgehead atoms. The molecule has 0 aliphatic rings. The first-order valence-electron chi connectivity index (χ1n) is 14.5. The maximum Gasteiger partial charge on any atom is 0.355 e. The Labute approximate surface area is 257 Å². The number of aromatic nitrogens is 1. The van der Waals surface area contributed by atoms with E-state index in [1.54, 1.807) is 7.11 Å². The lowest BCUT2D eigenvalue weighted by atomic mass is 9.59. The average Bonchev–Trinajstić information content (AvgIpc) is 2.99. The summed E-state index contributed by atoms with van der Waals surface area (Å²) < 4.78 is 11.8. The Kier molecular flexibility index (Phi) is 11.0. The van der Waals surface area contributed by atoms with Crippen LogP contribution in [-0.2, 0) is 17.4 Å². The molecule has 0 saturated heterocycles. The van der Waals surface area contributed by atoms with Gasteiger partial charge in [0.15, 0.2) is 0 Å². The number of benzene rings is 3. The van der Waals surface area contributed by atoms with Crippen molar-refractivity contribution in [3.8, 4) is 16.9 Å². The van der Waals surface area contributed by atoms with Gasteiger partial charge in [0, 0.05) is 36.9 Å². The van der Waals surface area contributed by atoms with Gasteiger partial charge in [0.25, 0.3) is 0 Å². The van der Waals surface area contributed by atoms with Crippen LogP contribution in [0.1, 0.15) is 37.5 Å². The van der Waals surface area contributed by atoms with Crippen LogP contribution in [0.2, 0.25) is 0 Å². The predicted octanol–water partition coefficient (Wildman–Crippen LogP) is 5.79. The third kappa shape index (κ3) is 8.67. The van der Waals surface area contributed by atoms with E-state index in [1.807, 2.05) is 94.6 Å². The fourth-order valence-electron chi connectivity index (χ4n) is 4.93. The Balaban J connectivity index is 1.47. The summed E-state index contributed by atoms with van der Waals surface area (Å²) >= 11 is 0. The Morgan fingerprint density at radius 1 is 1.02 bits per heavy atom. The van der Waals surface area contributed by atoms with Crippen LogP contribution in [0.5, 0.6) is 5.75 Å². The molecule has 9 heteroatoms. The standard InChI is InChI=1S/C34H41BN3O4P/c1-6-42-30-17-27(21-36-32(30)35(41-5)20-24-10-8-7-9-11-24)25-13-15-29(31(43)18-25)38-33(40)37-28-14-12-26(23(2)16-28)19-34(3,4)22-39/h7-18,21,39H,6,19-20,22,43H2,1-5H3,(H2,37,38,40). The van der Waals surface area contributed by atoms with Crippen molar-refractivity contribution in [1.29, 1.82) is 0 Å². The number of nitrogens with zero attached hydrogens (tertiary/aromatic N) is 1. The van der Waals surface area contributed by atoms with Crippen LogP contribution < -0.4 is 26.3 Å². The van der Waals surface area contributed by atoms with Gasteiger partial charge < -0.3 is 25.1 Å². The lowest BCUT2D eigenvalue weighted by Crippen LogP contribution is -2.38. The number of carbonyl (C=O) groups excluding carboxylic acids is 1. The highest BCUT2D eigenvalue weighted by molar-refractivity contribution is 7.28. The van der Waals surface area contributed by atoms with Gasteiger partial charge in [0.2, 0.25) is 0 Å². The molecule has 1 heterocycles. The van der Waals surface area contributed by atoms with Gasteiger partial charge in [-0.1, -0.05) is 61.9 Å². The molecule has 1 atom stereocenters. The second-order valence-electron chi connectivity index (χ2n) is 11.5. The number of aliphatic hydroxyl groups is 1. The van der Waals surface area contributed by atoms with Crippen molar-refractivity contribution in [2.45, 2.75) is 40.4 Å². The van der Waals surface area contributed by atoms with Gasteiger partial charge in [-0.25, -0.2) is 4.79 Å². The van der Waals surface area contributed by atoms with E-state index >= 15 is 0 Å². The third-order valence-electron chi connectivity index (χ3n) is 7.37. The van der Waals surface area contributed by atoms with E-state index in [4.69, 9.17) is 14.4 Å². The van der Waals surface area contributed by atoms with Crippen molar-refractivity contribution in [3.63, 3.8) is 0 Å². The van der Waals surface area contributed by atoms with Gasteiger partial charge in [-0.15, -0.1) is 9.24 Å². The quantitative estimate of drug-likeness (QED) is 0.142. The molecule has 224 valence electrons. The minimum atomic E-state index is -0.326. The molecule has 1 unspecified atom stereocenters. The molecule has 0 saturated carbocycles. The minimum Gasteiger partial charge on any atom is -0.493 e. The van der Waals surface area contributed by atoms with Crippen molar-refractivity contribution >= 4 is 44.5 Å². The minimum absolute atomic E-state index is 0.115. The van der Waals surface area contributed by atoms with E-state index in [9.17, 15) is 9.90 Å². The normalized spacial score (nSPS) is 11.2. The van der Waals surface area contributed by atoms with Crippen molar-refractivity contribution in [1.82, 2.24) is 4.98 Å². The smallest absolute Gasteiger partial charge is 0.355 e. The summed E-state index contributed by atoms with van der Waals surface area (Å²) in [4.78, 5) is 17.6. The van der Waals surface area contributed by atoms with Gasteiger partial charge in [0.05, 0.1) is 12.2 Å². The first kappa shape index (κ1) is 32.2. The summed E-state index contributed by atoms with van der Waals surface area (Å²) in [7, 11) is 4.39. The maximum atomic E-state index is 12.8. The lowest BCUT2D eigenvalue weighted by Gasteiger charge is -2.23. The summed E-state index contributed by atoms with van der Waals surface area (Å²) in [6.07, 6.45) is 3.28. The molecule has 0 fully saturated rings. The Bertz CT molecular complexity index is 1550. The van der Waals surface area contributed by atoms with E-state index in [-0.39, 0.29) is 25.0 Å². The van der Waals surface area contributed by atoms with Crippen LogP contribution in [0.15, 0.2) is 79.0 Å². The molecular formula is C34H41BN3O4P. The monoisotopic (exact) mass is 597 g/mol. The highest BCUT2D eigenvalue weighted by atomic mass is 31.0. The number of ether oxygens (including phenoxy) is 1. The highest BCUT2D eigenvalue weighted by Gasteiger charge is 2.25. The number of aliphatic hydroxyl groups excluding tert-OH is 1. The predicted molar refractivity (Wildman–Crippen MR) is 181 cm³/mol. The van der Waals surface area contributed by atoms with Gasteiger partial charge in [-0.2, -0.15) is 0 Å². The Morgan fingerprint density at radius 3 is 2.44 bits per heavy atom. The topological polar surface area (TPSA) is 92.7 Å². The lowest BCUT2D eigenvalue weighted by molar-refractivity contribution is 0.159. The molecule has 2 amide bonds. The summed E-state index contributed by atoms with van der Waals surface area (Å²) in [5, 5.41) is 16.3. The number of hydrogen-bond donors (Lipinski definition) is 3. The molecule has 7 nitrogen and oxygen atoms in total. The highest BCUT2D eigenvalue weighted by Crippen LogP contribution is 2.26. The van der Waals surface area contributed by atoms with Crippen molar-refractivity contribution < 1.29 is 19.3 Å². The third-order valence-corrected chi connectivity index (χ3v) is 7.84. The van der Waals surface area contributed by atoms with Gasteiger partial charge >= 0.3 is 12.9 Å².